The normalized spacial score (nSPS) is 10.1. The molecule has 0 aliphatic carbocycles. The molecule has 0 spiro atoms. The second-order valence-corrected chi connectivity index (χ2v) is 5.25. The minimum absolute atomic E-state index is 0.155. The van der Waals surface area contributed by atoms with Gasteiger partial charge in [-0.2, -0.15) is 0 Å². The number of hydrogen-bond donors (Lipinski definition) is 5. The van der Waals surface area contributed by atoms with E-state index in [-0.39, 0.29) is 17.1 Å². The van der Waals surface area contributed by atoms with Crippen LogP contribution in [0.25, 0.3) is 0 Å². The van der Waals surface area contributed by atoms with Crippen LogP contribution in [-0.2, 0) is 6.42 Å². The van der Waals surface area contributed by atoms with Crippen molar-refractivity contribution in [1.29, 1.82) is 0 Å². The summed E-state index contributed by atoms with van der Waals surface area (Å²) in [5.74, 6) is -1.31. The summed E-state index contributed by atoms with van der Waals surface area (Å²) in [6, 6.07) is 11.0. The van der Waals surface area contributed by atoms with Crippen molar-refractivity contribution in [2.75, 3.05) is 11.9 Å². The van der Waals surface area contributed by atoms with E-state index in [1.54, 1.807) is 18.2 Å². The molecule has 0 aliphatic rings. The lowest BCUT2D eigenvalue weighted by atomic mass is 10.1. The fourth-order valence-electron chi connectivity index (χ4n) is 1.95. The minimum atomic E-state index is -1.00. The first-order chi connectivity index (χ1) is 11.0. The van der Waals surface area contributed by atoms with Gasteiger partial charge in [-0.25, -0.2) is 4.79 Å². The Bertz CT molecular complexity index is 734. The minimum Gasteiger partial charge on any atom is -0.504 e. The van der Waals surface area contributed by atoms with Crippen molar-refractivity contribution >= 4 is 29.0 Å². The lowest BCUT2D eigenvalue weighted by molar-refractivity contribution is 0.0697. The Morgan fingerprint density at radius 2 is 1.87 bits per heavy atom. The number of rotatable bonds is 5. The van der Waals surface area contributed by atoms with E-state index in [2.05, 4.69) is 10.6 Å². The molecular formula is C16H16N2O4S. The Labute approximate surface area is 138 Å². The highest BCUT2D eigenvalue weighted by atomic mass is 32.1. The molecule has 2 aromatic carbocycles. The van der Waals surface area contributed by atoms with Gasteiger partial charge in [0.1, 0.15) is 0 Å². The molecule has 2 aromatic rings. The monoisotopic (exact) mass is 332 g/mol. The van der Waals surface area contributed by atoms with Gasteiger partial charge in [-0.3, -0.25) is 0 Å². The van der Waals surface area contributed by atoms with Gasteiger partial charge in [0.2, 0.25) is 0 Å². The maximum Gasteiger partial charge on any atom is 0.335 e. The number of aromatic carboxylic acids is 1. The van der Waals surface area contributed by atoms with Crippen molar-refractivity contribution in [1.82, 2.24) is 5.32 Å². The number of nitrogens with one attached hydrogen (secondary N) is 2. The predicted octanol–water partition coefficient (Wildman–Crippen LogP) is 2.33. The Kier molecular flexibility index (Phi) is 5.37. The van der Waals surface area contributed by atoms with Gasteiger partial charge in [-0.1, -0.05) is 12.1 Å². The summed E-state index contributed by atoms with van der Waals surface area (Å²) < 4.78 is 0. The summed E-state index contributed by atoms with van der Waals surface area (Å²) in [6.07, 6.45) is 0.602. The number of carbonyl (C=O) groups is 1. The Morgan fingerprint density at radius 1 is 1.09 bits per heavy atom. The van der Waals surface area contributed by atoms with Crippen LogP contribution in [0.15, 0.2) is 42.5 Å². The van der Waals surface area contributed by atoms with Gasteiger partial charge >= 0.3 is 5.97 Å². The van der Waals surface area contributed by atoms with Crippen molar-refractivity contribution in [2.24, 2.45) is 0 Å². The molecule has 5 N–H and O–H groups in total. The molecule has 0 radical (unpaired) electrons. The van der Waals surface area contributed by atoms with Crippen LogP contribution in [0, 0.1) is 0 Å². The first kappa shape index (κ1) is 16.6. The van der Waals surface area contributed by atoms with E-state index in [9.17, 15) is 15.0 Å². The van der Waals surface area contributed by atoms with Gasteiger partial charge in [-0.15, -0.1) is 0 Å². The molecule has 0 atom stereocenters. The molecule has 0 heterocycles. The first-order valence-corrected chi connectivity index (χ1v) is 7.25. The highest BCUT2D eigenvalue weighted by molar-refractivity contribution is 7.80. The summed E-state index contributed by atoms with van der Waals surface area (Å²) in [4.78, 5) is 10.9. The summed E-state index contributed by atoms with van der Waals surface area (Å²) in [5.41, 5.74) is 1.62. The molecule has 0 amide bonds. The molecule has 2 rings (SSSR count). The summed E-state index contributed by atoms with van der Waals surface area (Å²) >= 11 is 5.15. The van der Waals surface area contributed by atoms with Gasteiger partial charge in [0.15, 0.2) is 16.6 Å². The molecule has 7 heteroatoms. The second kappa shape index (κ2) is 7.46. The molecule has 0 bridgehead atoms. The number of phenols is 2. The highest BCUT2D eigenvalue weighted by Crippen LogP contribution is 2.24. The summed E-state index contributed by atoms with van der Waals surface area (Å²) in [6.45, 7) is 0.522. The molecule has 0 fully saturated rings. The van der Waals surface area contributed by atoms with Crippen molar-refractivity contribution < 1.29 is 20.1 Å². The molecule has 0 aromatic heterocycles. The number of hydrogen-bond acceptors (Lipinski definition) is 4. The van der Waals surface area contributed by atoms with E-state index in [0.717, 1.165) is 5.56 Å². The molecule has 6 nitrogen and oxygen atoms in total. The molecular weight excluding hydrogens is 316 g/mol. The third kappa shape index (κ3) is 4.86. The van der Waals surface area contributed by atoms with Crippen LogP contribution < -0.4 is 10.6 Å². The number of aromatic hydroxyl groups is 2. The van der Waals surface area contributed by atoms with Crippen molar-refractivity contribution in [2.45, 2.75) is 6.42 Å². The first-order valence-electron chi connectivity index (χ1n) is 6.85. The Hall–Kier alpha value is -2.80. The number of phenolic OH excluding ortho intramolecular Hbond substituents is 2. The van der Waals surface area contributed by atoms with Crippen LogP contribution in [0.4, 0.5) is 5.69 Å². The van der Waals surface area contributed by atoms with E-state index < -0.39 is 5.97 Å². The quantitative estimate of drug-likeness (QED) is 0.423. The average molecular weight is 332 g/mol. The smallest absolute Gasteiger partial charge is 0.335 e. The van der Waals surface area contributed by atoms with E-state index in [1.165, 1.54) is 24.3 Å². The number of anilines is 1. The van der Waals surface area contributed by atoms with Crippen LogP contribution in [0.3, 0.4) is 0 Å². The maximum atomic E-state index is 10.9. The molecule has 0 saturated heterocycles. The topological polar surface area (TPSA) is 102 Å². The van der Waals surface area contributed by atoms with Crippen LogP contribution in [-0.4, -0.2) is 32.9 Å². The SMILES string of the molecule is O=C(O)c1cccc(NC(=S)NCCc2ccc(O)c(O)c2)c1. The Balaban J connectivity index is 1.84. The standard InChI is InChI=1S/C16H16N2O4S/c19-13-5-4-10(8-14(13)20)6-7-17-16(23)18-12-3-1-2-11(9-12)15(21)22/h1-5,8-9,19-20H,6-7H2,(H,21,22)(H2,17,18,23). The third-order valence-corrected chi connectivity index (χ3v) is 3.35. The second-order valence-electron chi connectivity index (χ2n) is 4.84. The van der Waals surface area contributed by atoms with Crippen LogP contribution in [0.2, 0.25) is 0 Å². The lowest BCUT2D eigenvalue weighted by Crippen LogP contribution is -2.30. The van der Waals surface area contributed by atoms with Crippen LogP contribution in [0.1, 0.15) is 15.9 Å². The summed E-state index contributed by atoms with van der Waals surface area (Å²) in [5, 5.41) is 33.9. The maximum absolute atomic E-state index is 10.9. The molecule has 0 aliphatic heterocycles. The van der Waals surface area contributed by atoms with Gasteiger partial charge in [0.05, 0.1) is 5.56 Å². The van der Waals surface area contributed by atoms with Crippen LogP contribution >= 0.6 is 12.2 Å². The average Bonchev–Trinajstić information content (AvgIpc) is 2.51. The van der Waals surface area contributed by atoms with Gasteiger partial charge in [-0.05, 0) is 54.5 Å². The lowest BCUT2D eigenvalue weighted by Gasteiger charge is -2.11. The zero-order valence-electron chi connectivity index (χ0n) is 12.1. The zero-order valence-corrected chi connectivity index (χ0v) is 12.9. The molecule has 23 heavy (non-hydrogen) atoms. The van der Waals surface area contributed by atoms with E-state index in [1.807, 2.05) is 0 Å². The fraction of sp³-hybridized carbons (Fsp3) is 0.125. The van der Waals surface area contributed by atoms with Crippen LogP contribution in [0.5, 0.6) is 11.5 Å². The zero-order chi connectivity index (χ0) is 16.8. The van der Waals surface area contributed by atoms with Crippen molar-refractivity contribution in [3.05, 3.63) is 53.6 Å². The predicted molar refractivity (Wildman–Crippen MR) is 91.1 cm³/mol. The largest absolute Gasteiger partial charge is 0.504 e. The van der Waals surface area contributed by atoms with Gasteiger partial charge in [0.25, 0.3) is 0 Å². The van der Waals surface area contributed by atoms with E-state index in [4.69, 9.17) is 17.3 Å². The third-order valence-electron chi connectivity index (χ3n) is 3.11. The fourth-order valence-corrected chi connectivity index (χ4v) is 2.17. The van der Waals surface area contributed by atoms with Crippen molar-refractivity contribution in [3.63, 3.8) is 0 Å². The van der Waals surface area contributed by atoms with Gasteiger partial charge in [0, 0.05) is 12.2 Å². The molecule has 0 unspecified atom stereocenters. The Morgan fingerprint density at radius 3 is 2.57 bits per heavy atom. The number of carboxylic acid groups (broad SMARTS) is 1. The number of benzene rings is 2. The van der Waals surface area contributed by atoms with Gasteiger partial charge < -0.3 is 26.0 Å². The summed E-state index contributed by atoms with van der Waals surface area (Å²) in [7, 11) is 0. The number of thiocarbonyl (C=S) groups is 1. The van der Waals surface area contributed by atoms with E-state index >= 15 is 0 Å². The number of carboxylic acids is 1. The highest BCUT2D eigenvalue weighted by Gasteiger charge is 2.05. The molecule has 0 saturated carbocycles. The molecule has 120 valence electrons. The van der Waals surface area contributed by atoms with Crippen molar-refractivity contribution in [3.8, 4) is 11.5 Å². The van der Waals surface area contributed by atoms with E-state index in [0.29, 0.717) is 23.8 Å².